The third kappa shape index (κ3) is 4.70. The number of likely N-dealkylation sites (tertiary alicyclic amines) is 1. The molecular formula is C25H25N5O3. The molecule has 1 aliphatic heterocycles. The second-order valence-corrected chi connectivity index (χ2v) is 8.25. The van der Waals surface area contributed by atoms with Crippen molar-refractivity contribution in [3.63, 3.8) is 0 Å². The van der Waals surface area contributed by atoms with Gasteiger partial charge in [-0.25, -0.2) is 9.97 Å². The van der Waals surface area contributed by atoms with Gasteiger partial charge in [0.25, 0.3) is 0 Å². The van der Waals surface area contributed by atoms with Crippen molar-refractivity contribution in [2.45, 2.75) is 19.3 Å². The minimum absolute atomic E-state index is 0.0856. The predicted octanol–water partition coefficient (Wildman–Crippen LogP) is 5.30. The summed E-state index contributed by atoms with van der Waals surface area (Å²) < 4.78 is 5.85. The zero-order valence-electron chi connectivity index (χ0n) is 18.2. The average Bonchev–Trinajstić information content (AvgIpc) is 2.84. The SMILES string of the molecule is O=[N+]([O-])c1cc2c(Nc3ccc4ccccc4c3)ncnc2cc1OCCN1CCCCC1. The lowest BCUT2D eigenvalue weighted by molar-refractivity contribution is -0.385. The number of fused-ring (bicyclic) bond motifs is 2. The summed E-state index contributed by atoms with van der Waals surface area (Å²) in [5, 5.41) is 17.9. The van der Waals surface area contributed by atoms with Crippen molar-refractivity contribution in [3.05, 3.63) is 71.0 Å². The molecule has 0 bridgehead atoms. The molecule has 3 aromatic carbocycles. The first kappa shape index (κ1) is 21.1. The van der Waals surface area contributed by atoms with Crippen LogP contribution in [0.3, 0.4) is 0 Å². The lowest BCUT2D eigenvalue weighted by Gasteiger charge is -2.26. The number of nitrogens with one attached hydrogen (secondary N) is 1. The molecule has 0 amide bonds. The van der Waals surface area contributed by atoms with Gasteiger partial charge in [0.2, 0.25) is 0 Å². The highest BCUT2D eigenvalue weighted by atomic mass is 16.6. The monoisotopic (exact) mass is 443 g/mol. The van der Waals surface area contributed by atoms with Gasteiger partial charge in [0.05, 0.1) is 15.8 Å². The third-order valence-electron chi connectivity index (χ3n) is 6.04. The number of ether oxygens (including phenoxy) is 1. The second-order valence-electron chi connectivity index (χ2n) is 8.25. The summed E-state index contributed by atoms with van der Waals surface area (Å²) in [6.07, 6.45) is 5.11. The maximum Gasteiger partial charge on any atom is 0.311 e. The Morgan fingerprint density at radius 2 is 1.82 bits per heavy atom. The van der Waals surface area contributed by atoms with Crippen LogP contribution in [0.2, 0.25) is 0 Å². The number of aromatic nitrogens is 2. The second kappa shape index (κ2) is 9.38. The van der Waals surface area contributed by atoms with Crippen LogP contribution < -0.4 is 10.1 Å². The number of nitrogens with zero attached hydrogens (tertiary/aromatic N) is 4. The van der Waals surface area contributed by atoms with Crippen LogP contribution in [-0.2, 0) is 0 Å². The molecule has 0 spiro atoms. The summed E-state index contributed by atoms with van der Waals surface area (Å²) in [6.45, 7) is 3.27. The smallest absolute Gasteiger partial charge is 0.311 e. The summed E-state index contributed by atoms with van der Waals surface area (Å²) in [6, 6.07) is 17.2. The standard InChI is InChI=1S/C25H25N5O3/c31-30(32)23-15-21-22(16-24(23)33-13-12-29-10-4-1-5-11-29)26-17-27-25(21)28-20-9-8-18-6-2-3-7-19(18)14-20/h2-3,6-9,14-17H,1,4-5,10-13H2,(H,26,27,28). The lowest BCUT2D eigenvalue weighted by Crippen LogP contribution is -2.33. The third-order valence-corrected chi connectivity index (χ3v) is 6.04. The van der Waals surface area contributed by atoms with Crippen LogP contribution in [0, 0.1) is 10.1 Å². The minimum atomic E-state index is -0.414. The molecule has 168 valence electrons. The van der Waals surface area contributed by atoms with Crippen molar-refractivity contribution in [2.24, 2.45) is 0 Å². The zero-order valence-corrected chi connectivity index (χ0v) is 18.2. The molecule has 1 aromatic heterocycles. The number of rotatable bonds is 7. The van der Waals surface area contributed by atoms with Crippen LogP contribution in [0.5, 0.6) is 5.75 Å². The first-order valence-corrected chi connectivity index (χ1v) is 11.2. The van der Waals surface area contributed by atoms with E-state index < -0.39 is 4.92 Å². The molecule has 2 heterocycles. The lowest BCUT2D eigenvalue weighted by atomic mass is 10.1. The normalized spacial score (nSPS) is 14.4. The Morgan fingerprint density at radius 1 is 1.00 bits per heavy atom. The molecule has 8 heteroatoms. The highest BCUT2D eigenvalue weighted by molar-refractivity contribution is 5.95. The number of hydrogen-bond acceptors (Lipinski definition) is 7. The molecule has 8 nitrogen and oxygen atoms in total. The average molecular weight is 444 g/mol. The van der Waals surface area contributed by atoms with E-state index in [4.69, 9.17) is 4.74 Å². The van der Waals surface area contributed by atoms with Gasteiger partial charge < -0.3 is 10.1 Å². The quantitative estimate of drug-likeness (QED) is 0.306. The van der Waals surface area contributed by atoms with E-state index in [2.05, 4.69) is 26.3 Å². The van der Waals surface area contributed by atoms with Crippen molar-refractivity contribution >= 4 is 38.9 Å². The van der Waals surface area contributed by atoms with E-state index in [1.807, 2.05) is 36.4 Å². The van der Waals surface area contributed by atoms with E-state index in [1.165, 1.54) is 31.7 Å². The highest BCUT2D eigenvalue weighted by Gasteiger charge is 2.20. The van der Waals surface area contributed by atoms with Crippen molar-refractivity contribution in [1.29, 1.82) is 0 Å². The summed E-state index contributed by atoms with van der Waals surface area (Å²) in [4.78, 5) is 22.4. The van der Waals surface area contributed by atoms with E-state index in [9.17, 15) is 10.1 Å². The molecule has 0 radical (unpaired) electrons. The van der Waals surface area contributed by atoms with Gasteiger partial charge in [-0.05, 0) is 48.8 Å². The Hall–Kier alpha value is -3.78. The number of hydrogen-bond donors (Lipinski definition) is 1. The van der Waals surface area contributed by atoms with E-state index >= 15 is 0 Å². The maximum absolute atomic E-state index is 11.8. The van der Waals surface area contributed by atoms with Gasteiger partial charge in [-0.1, -0.05) is 36.8 Å². The maximum atomic E-state index is 11.8. The topological polar surface area (TPSA) is 93.4 Å². The Morgan fingerprint density at radius 3 is 2.64 bits per heavy atom. The Balaban J connectivity index is 1.41. The number of nitro benzene ring substituents is 1. The molecule has 0 saturated carbocycles. The molecule has 33 heavy (non-hydrogen) atoms. The van der Waals surface area contributed by atoms with Gasteiger partial charge in [-0.2, -0.15) is 0 Å². The van der Waals surface area contributed by atoms with Crippen LogP contribution in [-0.4, -0.2) is 46.0 Å². The van der Waals surface area contributed by atoms with Gasteiger partial charge >= 0.3 is 5.69 Å². The fourth-order valence-corrected chi connectivity index (χ4v) is 4.30. The van der Waals surface area contributed by atoms with Crippen LogP contribution in [0.1, 0.15) is 19.3 Å². The number of nitro groups is 1. The van der Waals surface area contributed by atoms with Crippen LogP contribution in [0.25, 0.3) is 21.7 Å². The van der Waals surface area contributed by atoms with Crippen LogP contribution in [0.4, 0.5) is 17.2 Å². The summed E-state index contributed by atoms with van der Waals surface area (Å²) in [7, 11) is 0. The number of piperidine rings is 1. The summed E-state index contributed by atoms with van der Waals surface area (Å²) in [5.41, 5.74) is 1.35. The summed E-state index contributed by atoms with van der Waals surface area (Å²) >= 11 is 0. The molecule has 1 N–H and O–H groups in total. The van der Waals surface area contributed by atoms with Crippen molar-refractivity contribution in [1.82, 2.24) is 14.9 Å². The molecule has 5 rings (SSSR count). The van der Waals surface area contributed by atoms with Crippen LogP contribution in [0.15, 0.2) is 60.9 Å². The van der Waals surface area contributed by atoms with Gasteiger partial charge in [0.15, 0.2) is 5.75 Å². The molecule has 0 aliphatic carbocycles. The molecule has 0 unspecified atom stereocenters. The van der Waals surface area contributed by atoms with E-state index in [0.717, 1.165) is 36.1 Å². The molecule has 1 aliphatic rings. The largest absolute Gasteiger partial charge is 0.485 e. The molecular weight excluding hydrogens is 418 g/mol. The fourth-order valence-electron chi connectivity index (χ4n) is 4.30. The van der Waals surface area contributed by atoms with Crippen molar-refractivity contribution < 1.29 is 9.66 Å². The number of anilines is 2. The first-order valence-electron chi connectivity index (χ1n) is 11.2. The zero-order chi connectivity index (χ0) is 22.6. The molecule has 1 fully saturated rings. The molecule has 1 saturated heterocycles. The Kier molecular flexibility index (Phi) is 5.99. The highest BCUT2D eigenvalue weighted by Crippen LogP contribution is 2.35. The summed E-state index contributed by atoms with van der Waals surface area (Å²) in [5.74, 6) is 0.748. The van der Waals surface area contributed by atoms with Gasteiger partial charge in [0.1, 0.15) is 18.8 Å². The Labute approximate surface area is 191 Å². The van der Waals surface area contributed by atoms with Gasteiger partial charge in [-0.3, -0.25) is 15.0 Å². The van der Waals surface area contributed by atoms with E-state index in [0.29, 0.717) is 23.3 Å². The van der Waals surface area contributed by atoms with Gasteiger partial charge in [0, 0.05) is 24.4 Å². The van der Waals surface area contributed by atoms with Gasteiger partial charge in [-0.15, -0.1) is 0 Å². The predicted molar refractivity (Wildman–Crippen MR) is 129 cm³/mol. The molecule has 4 aromatic rings. The molecule has 0 atom stereocenters. The van der Waals surface area contributed by atoms with Crippen molar-refractivity contribution in [3.8, 4) is 5.75 Å². The first-order chi connectivity index (χ1) is 16.2. The fraction of sp³-hybridized carbons (Fsp3) is 0.280. The van der Waals surface area contributed by atoms with E-state index in [1.54, 1.807) is 6.07 Å². The van der Waals surface area contributed by atoms with Crippen LogP contribution >= 0.6 is 0 Å². The minimum Gasteiger partial charge on any atom is -0.485 e. The number of benzene rings is 3. The Bertz CT molecular complexity index is 1300. The van der Waals surface area contributed by atoms with E-state index in [-0.39, 0.29) is 11.4 Å². The van der Waals surface area contributed by atoms with Crippen molar-refractivity contribution in [2.75, 3.05) is 31.6 Å².